The van der Waals surface area contributed by atoms with Crippen LogP contribution >= 0.6 is 23.2 Å². The van der Waals surface area contributed by atoms with E-state index in [9.17, 15) is 4.79 Å². The number of ether oxygens (including phenoxy) is 1. The molecule has 4 rings (SSSR count). The standard InChI is InChI=1S/C25H23Cl2N3O2/c1-32-25-16(13-28-14-17-10-11-18(15-31)29-17)9-12-23(30-25)21-7-4-6-20(24(21)27)19-5-2-3-8-22(19)26/h2-9,12,17,28-29H,10-11,13-14H2,1H3. The molecule has 0 radical (unpaired) electrons. The molecule has 32 heavy (non-hydrogen) atoms. The van der Waals surface area contributed by atoms with Crippen LogP contribution in [0.3, 0.4) is 0 Å². The van der Waals surface area contributed by atoms with Crippen molar-refractivity contribution in [3.63, 3.8) is 0 Å². The van der Waals surface area contributed by atoms with Crippen LogP contribution < -0.4 is 15.4 Å². The summed E-state index contributed by atoms with van der Waals surface area (Å²) in [5.74, 6) is 2.49. The smallest absolute Gasteiger partial charge is 0.218 e. The fraction of sp³-hybridized carbons (Fsp3) is 0.240. The van der Waals surface area contributed by atoms with Crippen molar-refractivity contribution in [3.8, 4) is 28.3 Å². The first-order valence-electron chi connectivity index (χ1n) is 10.4. The highest BCUT2D eigenvalue weighted by molar-refractivity contribution is 6.38. The first-order chi connectivity index (χ1) is 15.6. The quantitative estimate of drug-likeness (QED) is 0.462. The highest BCUT2D eigenvalue weighted by Gasteiger charge is 2.19. The van der Waals surface area contributed by atoms with Crippen LogP contribution in [-0.2, 0) is 11.3 Å². The van der Waals surface area contributed by atoms with E-state index >= 15 is 0 Å². The highest BCUT2D eigenvalue weighted by atomic mass is 35.5. The first-order valence-corrected chi connectivity index (χ1v) is 11.1. The lowest BCUT2D eigenvalue weighted by atomic mass is 10.0. The van der Waals surface area contributed by atoms with Gasteiger partial charge in [0.15, 0.2) is 0 Å². The molecule has 1 fully saturated rings. The second kappa shape index (κ2) is 10.2. The Kier molecular flexibility index (Phi) is 7.13. The molecule has 1 aromatic heterocycles. The molecular formula is C25H23Cl2N3O2. The Balaban J connectivity index is 1.53. The number of pyridine rings is 1. The number of allylic oxidation sites excluding steroid dienone is 1. The van der Waals surface area contributed by atoms with Gasteiger partial charge in [-0.05, 0) is 18.6 Å². The fourth-order valence-corrected chi connectivity index (χ4v) is 4.43. The average molecular weight is 468 g/mol. The summed E-state index contributed by atoms with van der Waals surface area (Å²) in [6, 6.07) is 17.6. The van der Waals surface area contributed by atoms with Gasteiger partial charge in [-0.15, -0.1) is 0 Å². The Morgan fingerprint density at radius 3 is 2.62 bits per heavy atom. The Bertz CT molecular complexity index is 1180. The maximum Gasteiger partial charge on any atom is 0.218 e. The number of halogens is 2. The lowest BCUT2D eigenvalue weighted by Crippen LogP contribution is -2.33. The lowest BCUT2D eigenvalue weighted by Gasteiger charge is -2.15. The molecule has 2 heterocycles. The van der Waals surface area contributed by atoms with Gasteiger partial charge in [0.05, 0.1) is 23.5 Å². The van der Waals surface area contributed by atoms with Crippen LogP contribution in [0.5, 0.6) is 5.88 Å². The van der Waals surface area contributed by atoms with Gasteiger partial charge >= 0.3 is 0 Å². The molecule has 164 valence electrons. The predicted octanol–water partition coefficient (Wildman–Crippen LogP) is 5.29. The van der Waals surface area contributed by atoms with Crippen molar-refractivity contribution in [2.75, 3.05) is 13.7 Å². The molecule has 0 spiro atoms. The van der Waals surface area contributed by atoms with Crippen molar-refractivity contribution in [2.45, 2.75) is 25.4 Å². The highest BCUT2D eigenvalue weighted by Crippen LogP contribution is 2.39. The number of aromatic nitrogens is 1. The minimum absolute atomic E-state index is 0.232. The Morgan fingerprint density at radius 1 is 1.09 bits per heavy atom. The SMILES string of the molecule is COc1nc(-c2cccc(-c3ccccc3Cl)c2Cl)ccc1CNCC1CCC(=C=O)N1. The minimum atomic E-state index is 0.232. The molecule has 1 aliphatic rings. The summed E-state index contributed by atoms with van der Waals surface area (Å²) in [5, 5.41) is 7.81. The van der Waals surface area contributed by atoms with Crippen LogP contribution in [0.25, 0.3) is 22.4 Å². The third kappa shape index (κ3) is 4.82. The number of rotatable bonds is 7. The number of methoxy groups -OCH3 is 1. The van der Waals surface area contributed by atoms with Crippen molar-refractivity contribution in [3.05, 3.63) is 75.9 Å². The van der Waals surface area contributed by atoms with Gasteiger partial charge in [-0.1, -0.05) is 65.7 Å². The second-order valence-corrected chi connectivity index (χ2v) is 8.39. The molecule has 1 saturated heterocycles. The van der Waals surface area contributed by atoms with Gasteiger partial charge in [0.1, 0.15) is 5.94 Å². The topological polar surface area (TPSA) is 63.2 Å². The third-order valence-electron chi connectivity index (χ3n) is 5.52. The molecule has 2 N–H and O–H groups in total. The summed E-state index contributed by atoms with van der Waals surface area (Å²) < 4.78 is 5.55. The van der Waals surface area contributed by atoms with Crippen molar-refractivity contribution in [1.82, 2.24) is 15.6 Å². The third-order valence-corrected chi connectivity index (χ3v) is 6.26. The molecule has 0 amide bonds. The molecular weight excluding hydrogens is 445 g/mol. The van der Waals surface area contributed by atoms with E-state index in [1.807, 2.05) is 60.5 Å². The Hall–Kier alpha value is -2.82. The molecule has 5 nitrogen and oxygen atoms in total. The van der Waals surface area contributed by atoms with E-state index in [4.69, 9.17) is 32.9 Å². The largest absolute Gasteiger partial charge is 0.481 e. The van der Waals surface area contributed by atoms with Crippen molar-refractivity contribution >= 4 is 29.1 Å². The van der Waals surface area contributed by atoms with E-state index in [1.54, 1.807) is 7.11 Å². The summed E-state index contributed by atoms with van der Waals surface area (Å²) in [4.78, 5) is 15.4. The normalized spacial score (nSPS) is 15.3. The maximum atomic E-state index is 10.7. The van der Waals surface area contributed by atoms with Crippen molar-refractivity contribution in [1.29, 1.82) is 0 Å². The number of hydrogen-bond acceptors (Lipinski definition) is 5. The maximum absolute atomic E-state index is 10.7. The summed E-state index contributed by atoms with van der Waals surface area (Å²) in [7, 11) is 1.61. The summed E-state index contributed by atoms with van der Waals surface area (Å²) in [6.45, 7) is 1.34. The Morgan fingerprint density at radius 2 is 1.88 bits per heavy atom. The minimum Gasteiger partial charge on any atom is -0.481 e. The zero-order valence-electron chi connectivity index (χ0n) is 17.6. The number of benzene rings is 2. The summed E-state index contributed by atoms with van der Waals surface area (Å²) >= 11 is 13.2. The van der Waals surface area contributed by atoms with Gasteiger partial charge < -0.3 is 15.4 Å². The number of nitrogens with one attached hydrogen (secondary N) is 2. The zero-order valence-corrected chi connectivity index (χ0v) is 19.1. The van der Waals surface area contributed by atoms with Crippen LogP contribution in [0.2, 0.25) is 10.0 Å². The van der Waals surface area contributed by atoms with E-state index < -0.39 is 0 Å². The van der Waals surface area contributed by atoms with Crippen LogP contribution in [0.4, 0.5) is 0 Å². The van der Waals surface area contributed by atoms with Gasteiger partial charge in [0.2, 0.25) is 5.88 Å². The molecule has 1 aliphatic heterocycles. The van der Waals surface area contributed by atoms with Gasteiger partial charge in [0.25, 0.3) is 0 Å². The second-order valence-electron chi connectivity index (χ2n) is 7.60. The van der Waals surface area contributed by atoms with Crippen LogP contribution in [0.15, 0.2) is 60.3 Å². The van der Waals surface area contributed by atoms with Gasteiger partial charge in [0, 0.05) is 52.8 Å². The van der Waals surface area contributed by atoms with Crippen molar-refractivity contribution in [2.24, 2.45) is 0 Å². The van der Waals surface area contributed by atoms with Crippen LogP contribution in [0.1, 0.15) is 18.4 Å². The molecule has 3 aromatic rings. The van der Waals surface area contributed by atoms with E-state index in [-0.39, 0.29) is 6.04 Å². The molecule has 1 unspecified atom stereocenters. The lowest BCUT2D eigenvalue weighted by molar-refractivity contribution is 0.390. The summed E-state index contributed by atoms with van der Waals surface area (Å²) in [5.41, 5.74) is 4.86. The summed E-state index contributed by atoms with van der Waals surface area (Å²) in [6.07, 6.45) is 1.68. The zero-order chi connectivity index (χ0) is 22.5. The number of carbonyl (C=O) groups excluding carboxylic acids is 1. The average Bonchev–Trinajstić information content (AvgIpc) is 3.28. The molecule has 0 saturated carbocycles. The molecule has 0 bridgehead atoms. The van der Waals surface area contributed by atoms with E-state index in [2.05, 4.69) is 10.6 Å². The number of nitrogens with zero attached hydrogens (tertiary/aromatic N) is 1. The van der Waals surface area contributed by atoms with Gasteiger partial charge in [-0.2, -0.15) is 0 Å². The monoisotopic (exact) mass is 467 g/mol. The Labute approximate surface area is 197 Å². The van der Waals surface area contributed by atoms with E-state index in [1.165, 1.54) is 0 Å². The fourth-order valence-electron chi connectivity index (χ4n) is 3.87. The first kappa shape index (κ1) is 22.4. The molecule has 7 heteroatoms. The van der Waals surface area contributed by atoms with E-state index in [0.717, 1.165) is 47.3 Å². The van der Waals surface area contributed by atoms with Crippen LogP contribution in [-0.4, -0.2) is 30.6 Å². The van der Waals surface area contributed by atoms with E-state index in [0.29, 0.717) is 28.2 Å². The molecule has 1 atom stereocenters. The van der Waals surface area contributed by atoms with Crippen LogP contribution in [0, 0.1) is 0 Å². The van der Waals surface area contributed by atoms with Gasteiger partial charge in [-0.3, -0.25) is 0 Å². The predicted molar refractivity (Wildman–Crippen MR) is 129 cm³/mol. The number of hydrogen-bond donors (Lipinski definition) is 2. The molecule has 2 aromatic carbocycles. The van der Waals surface area contributed by atoms with Crippen molar-refractivity contribution < 1.29 is 9.53 Å². The van der Waals surface area contributed by atoms with Gasteiger partial charge in [-0.25, -0.2) is 9.78 Å². The molecule has 0 aliphatic carbocycles.